The molecule has 0 unspecified atom stereocenters. The molecule has 3 aliphatic carbocycles. The molecule has 3 aliphatic rings. The number of carbonyl (C=O) groups excluding carboxylic acids is 2. The molecule has 208 valence electrons. The van der Waals surface area contributed by atoms with Crippen LogP contribution in [0.2, 0.25) is 0 Å². The molecule has 2 heterocycles. The standard InChI is InChI=1S/C24H34N5O8P/c25-20-19-21(27-12-26-20)29(13-28-19)11-24(9-10-24)35-16-38(32,36-14-33-22(30)17-5-1-2-6-17)37-15-34-23(31)18-7-3-4-8-18/h12-13,17-18H,1-11,14-16H2,(H2,25,26,27). The minimum Gasteiger partial charge on any atom is -0.438 e. The predicted octanol–water partition coefficient (Wildman–Crippen LogP) is 3.52. The van der Waals surface area contributed by atoms with Gasteiger partial charge in [0.05, 0.1) is 30.3 Å². The second kappa shape index (κ2) is 11.6. The van der Waals surface area contributed by atoms with Crippen LogP contribution in [0.3, 0.4) is 0 Å². The lowest BCUT2D eigenvalue weighted by Gasteiger charge is -2.23. The van der Waals surface area contributed by atoms with Crippen LogP contribution in [0.4, 0.5) is 5.82 Å². The van der Waals surface area contributed by atoms with E-state index in [4.69, 9.17) is 29.0 Å². The molecule has 2 aromatic heterocycles. The van der Waals surface area contributed by atoms with Gasteiger partial charge in [-0.1, -0.05) is 25.7 Å². The van der Waals surface area contributed by atoms with Crippen LogP contribution in [0.15, 0.2) is 12.7 Å². The Hall–Kier alpha value is -2.60. The number of imidazole rings is 1. The number of fused-ring (bicyclic) bond motifs is 1. The fourth-order valence-electron chi connectivity index (χ4n) is 5.03. The number of esters is 2. The van der Waals surface area contributed by atoms with Gasteiger partial charge in [-0.25, -0.2) is 15.0 Å². The zero-order chi connectivity index (χ0) is 26.6. The first-order chi connectivity index (χ1) is 18.4. The number of hydrogen-bond acceptors (Lipinski definition) is 12. The highest BCUT2D eigenvalue weighted by atomic mass is 31.2. The number of nitrogens with zero attached hydrogens (tertiary/aromatic N) is 4. The molecule has 0 amide bonds. The number of anilines is 1. The average Bonchev–Trinajstić information content (AvgIpc) is 3.36. The minimum absolute atomic E-state index is 0.167. The molecule has 3 fully saturated rings. The SMILES string of the molecule is Nc1ncnc2c1ncn2CC1(OCP(=O)(OCOC(=O)C2CCCC2)OCOC(=O)C2CCCC2)CC1. The van der Waals surface area contributed by atoms with E-state index in [1.165, 1.54) is 6.33 Å². The molecule has 2 N–H and O–H groups in total. The number of ether oxygens (including phenoxy) is 3. The molecule has 13 nitrogen and oxygen atoms in total. The Kier molecular flexibility index (Phi) is 8.27. The summed E-state index contributed by atoms with van der Waals surface area (Å²) >= 11 is 0. The summed E-state index contributed by atoms with van der Waals surface area (Å²) in [5.41, 5.74) is 6.32. The third-order valence-corrected chi connectivity index (χ3v) is 8.95. The van der Waals surface area contributed by atoms with Gasteiger partial charge < -0.3 is 24.5 Å². The quantitative estimate of drug-likeness (QED) is 0.219. The number of aromatic nitrogens is 4. The molecule has 2 aromatic rings. The van der Waals surface area contributed by atoms with Crippen molar-refractivity contribution in [3.63, 3.8) is 0 Å². The number of hydrogen-bond donors (Lipinski definition) is 1. The molecular formula is C24H34N5O8P. The average molecular weight is 552 g/mol. The summed E-state index contributed by atoms with van der Waals surface area (Å²) < 4.78 is 42.7. The minimum atomic E-state index is -3.94. The molecule has 38 heavy (non-hydrogen) atoms. The van der Waals surface area contributed by atoms with Crippen molar-refractivity contribution in [2.45, 2.75) is 76.4 Å². The fourth-order valence-corrected chi connectivity index (χ4v) is 6.11. The van der Waals surface area contributed by atoms with Gasteiger partial charge in [-0.3, -0.25) is 23.2 Å². The smallest absolute Gasteiger partial charge is 0.361 e. The molecule has 0 saturated heterocycles. The molecule has 3 saturated carbocycles. The molecule has 0 atom stereocenters. The van der Waals surface area contributed by atoms with E-state index in [0.717, 1.165) is 51.4 Å². The van der Waals surface area contributed by atoms with Crippen molar-refractivity contribution in [3.05, 3.63) is 12.7 Å². The lowest BCUT2D eigenvalue weighted by Crippen LogP contribution is -2.24. The molecular weight excluding hydrogens is 517 g/mol. The highest BCUT2D eigenvalue weighted by molar-refractivity contribution is 7.53. The van der Waals surface area contributed by atoms with Crippen molar-refractivity contribution in [2.24, 2.45) is 11.8 Å². The Morgan fingerprint density at radius 3 is 2.08 bits per heavy atom. The molecule has 0 radical (unpaired) electrons. The number of nitrogens with two attached hydrogens (primary N) is 1. The molecule has 0 spiro atoms. The van der Waals surface area contributed by atoms with E-state index < -0.39 is 33.1 Å². The first kappa shape index (κ1) is 27.0. The second-order valence-electron chi connectivity index (χ2n) is 10.3. The largest absolute Gasteiger partial charge is 0.438 e. The third-order valence-electron chi connectivity index (χ3n) is 7.50. The van der Waals surface area contributed by atoms with E-state index in [1.54, 1.807) is 10.9 Å². The Morgan fingerprint density at radius 2 is 1.53 bits per heavy atom. The second-order valence-corrected chi connectivity index (χ2v) is 12.3. The maximum absolute atomic E-state index is 13.5. The summed E-state index contributed by atoms with van der Waals surface area (Å²) in [4.78, 5) is 37.0. The first-order valence-corrected chi connectivity index (χ1v) is 14.9. The third kappa shape index (κ3) is 6.51. The van der Waals surface area contributed by atoms with Crippen LogP contribution in [0.25, 0.3) is 11.2 Å². The monoisotopic (exact) mass is 551 g/mol. The van der Waals surface area contributed by atoms with E-state index in [0.29, 0.717) is 30.6 Å². The normalized spacial score (nSPS) is 19.7. The van der Waals surface area contributed by atoms with Gasteiger partial charge in [-0.2, -0.15) is 0 Å². The van der Waals surface area contributed by atoms with Crippen molar-refractivity contribution in [1.29, 1.82) is 0 Å². The summed E-state index contributed by atoms with van der Waals surface area (Å²) in [6.45, 7) is -0.683. The van der Waals surface area contributed by atoms with Gasteiger partial charge in [0, 0.05) is 0 Å². The van der Waals surface area contributed by atoms with Gasteiger partial charge in [0.25, 0.3) is 0 Å². The molecule has 0 bridgehead atoms. The predicted molar refractivity (Wildman–Crippen MR) is 133 cm³/mol. The zero-order valence-corrected chi connectivity index (χ0v) is 22.2. The molecule has 0 aliphatic heterocycles. The highest BCUT2D eigenvalue weighted by Crippen LogP contribution is 2.52. The molecule has 5 rings (SSSR count). The Bertz CT molecular complexity index is 1150. The molecule has 0 aromatic carbocycles. The summed E-state index contributed by atoms with van der Waals surface area (Å²) in [6, 6.07) is 0. The van der Waals surface area contributed by atoms with Crippen LogP contribution < -0.4 is 5.73 Å². The van der Waals surface area contributed by atoms with E-state index in [1.807, 2.05) is 0 Å². The van der Waals surface area contributed by atoms with Crippen LogP contribution >= 0.6 is 7.60 Å². The Labute approximate surface area is 220 Å². The number of rotatable bonds is 13. The highest BCUT2D eigenvalue weighted by Gasteiger charge is 2.47. The maximum Gasteiger partial charge on any atom is 0.361 e. The summed E-state index contributed by atoms with van der Waals surface area (Å²) in [6.07, 6.45) is 11.0. The van der Waals surface area contributed by atoms with Gasteiger partial charge in [-0.05, 0) is 38.5 Å². The van der Waals surface area contributed by atoms with Gasteiger partial charge >= 0.3 is 19.5 Å². The van der Waals surface area contributed by atoms with Crippen LogP contribution in [-0.2, 0) is 44.0 Å². The van der Waals surface area contributed by atoms with Crippen molar-refractivity contribution in [1.82, 2.24) is 19.5 Å². The zero-order valence-electron chi connectivity index (χ0n) is 21.3. The van der Waals surface area contributed by atoms with Crippen molar-refractivity contribution >= 4 is 36.5 Å². The summed E-state index contributed by atoms with van der Waals surface area (Å²) in [5.74, 6) is -0.811. The van der Waals surface area contributed by atoms with E-state index in [9.17, 15) is 14.2 Å². The maximum atomic E-state index is 13.5. The van der Waals surface area contributed by atoms with Crippen LogP contribution in [0.1, 0.15) is 64.2 Å². The van der Waals surface area contributed by atoms with Crippen molar-refractivity contribution < 1.29 is 37.4 Å². The Morgan fingerprint density at radius 1 is 0.947 bits per heavy atom. The van der Waals surface area contributed by atoms with Gasteiger partial charge in [0.1, 0.15) is 18.2 Å². The van der Waals surface area contributed by atoms with Gasteiger partial charge in [-0.15, -0.1) is 0 Å². The van der Waals surface area contributed by atoms with Crippen LogP contribution in [0, 0.1) is 11.8 Å². The summed E-state index contributed by atoms with van der Waals surface area (Å²) in [7, 11) is -3.94. The van der Waals surface area contributed by atoms with E-state index >= 15 is 0 Å². The van der Waals surface area contributed by atoms with Crippen molar-refractivity contribution in [3.8, 4) is 0 Å². The Balaban J connectivity index is 1.18. The lowest BCUT2D eigenvalue weighted by molar-refractivity contribution is -0.157. The van der Waals surface area contributed by atoms with Gasteiger partial charge in [0.15, 0.2) is 11.5 Å². The topological polar surface area (TPSA) is 167 Å². The lowest BCUT2D eigenvalue weighted by atomic mass is 10.1. The van der Waals surface area contributed by atoms with E-state index in [-0.39, 0.29) is 29.6 Å². The van der Waals surface area contributed by atoms with Crippen LogP contribution in [0.5, 0.6) is 0 Å². The van der Waals surface area contributed by atoms with Crippen molar-refractivity contribution in [2.75, 3.05) is 25.7 Å². The molecule has 14 heteroatoms. The fraction of sp³-hybridized carbons (Fsp3) is 0.708. The van der Waals surface area contributed by atoms with E-state index in [2.05, 4.69) is 15.0 Å². The summed E-state index contributed by atoms with van der Waals surface area (Å²) in [5, 5.41) is 0. The van der Waals surface area contributed by atoms with Crippen LogP contribution in [-0.4, -0.2) is 57.0 Å². The number of carbonyl (C=O) groups is 2. The number of nitrogen functional groups attached to an aromatic ring is 1. The van der Waals surface area contributed by atoms with Gasteiger partial charge in [0.2, 0.25) is 13.6 Å². The first-order valence-electron chi connectivity index (χ1n) is 13.1.